The fourth-order valence-electron chi connectivity index (χ4n) is 4.12. The van der Waals surface area contributed by atoms with Crippen LogP contribution in [0.3, 0.4) is 0 Å². The van der Waals surface area contributed by atoms with E-state index < -0.39 is 24.5 Å². The number of amides is 1. The van der Waals surface area contributed by atoms with Gasteiger partial charge in [0.15, 0.2) is 0 Å². The van der Waals surface area contributed by atoms with Gasteiger partial charge in [-0.25, -0.2) is 9.59 Å². The summed E-state index contributed by atoms with van der Waals surface area (Å²) in [6.07, 6.45) is -0.914. The van der Waals surface area contributed by atoms with Gasteiger partial charge >= 0.3 is 19.0 Å². The highest BCUT2D eigenvalue weighted by atomic mass is 19.4. The lowest BCUT2D eigenvalue weighted by Gasteiger charge is -2.20. The van der Waals surface area contributed by atoms with Gasteiger partial charge in [-0.05, 0) is 34.7 Å². The summed E-state index contributed by atoms with van der Waals surface area (Å²) in [6, 6.07) is 17.1. The molecular formula is C24H20BF3NO4-. The van der Waals surface area contributed by atoms with E-state index in [1.54, 1.807) is 0 Å². The Morgan fingerprint density at radius 2 is 1.55 bits per heavy atom. The number of esters is 1. The number of carbonyl (C=O) groups excluding carboxylic acids is 2. The molecule has 0 atom stereocenters. The minimum absolute atomic E-state index is 0.00562. The van der Waals surface area contributed by atoms with Gasteiger partial charge in [-0.3, -0.25) is 5.32 Å². The minimum Gasteiger partial charge on any atom is -0.465 e. The zero-order valence-electron chi connectivity index (χ0n) is 17.9. The van der Waals surface area contributed by atoms with Crippen molar-refractivity contribution >= 4 is 30.2 Å². The number of carbonyl (C=O) groups is 2. The fraction of sp³-hybridized carbons (Fsp3) is 0.167. The first-order valence-corrected chi connectivity index (χ1v) is 10.3. The Morgan fingerprint density at radius 3 is 2.09 bits per heavy atom. The second-order valence-corrected chi connectivity index (χ2v) is 7.76. The highest BCUT2D eigenvalue weighted by Gasteiger charge is 2.30. The van der Waals surface area contributed by atoms with Crippen molar-refractivity contribution < 1.29 is 32.0 Å². The number of rotatable bonds is 5. The van der Waals surface area contributed by atoms with Gasteiger partial charge in [0.1, 0.15) is 6.61 Å². The maximum atomic E-state index is 13.4. The summed E-state index contributed by atoms with van der Waals surface area (Å²) in [7, 11) is 1.08. The van der Waals surface area contributed by atoms with Crippen LogP contribution in [0.25, 0.3) is 11.1 Å². The molecule has 0 spiro atoms. The average Bonchev–Trinajstić information content (AvgIpc) is 3.11. The molecule has 0 aromatic heterocycles. The van der Waals surface area contributed by atoms with Crippen molar-refractivity contribution in [1.82, 2.24) is 0 Å². The molecule has 0 unspecified atom stereocenters. The number of anilines is 1. The Morgan fingerprint density at radius 1 is 0.970 bits per heavy atom. The normalized spacial score (nSPS) is 12.6. The number of nitrogens with one attached hydrogen (secondary N) is 1. The summed E-state index contributed by atoms with van der Waals surface area (Å²) >= 11 is 0. The van der Waals surface area contributed by atoms with E-state index in [0.29, 0.717) is 0 Å². The van der Waals surface area contributed by atoms with E-state index in [9.17, 15) is 22.5 Å². The topological polar surface area (TPSA) is 64.6 Å². The summed E-state index contributed by atoms with van der Waals surface area (Å²) in [4.78, 5) is 24.5. The minimum atomic E-state index is -5.40. The van der Waals surface area contributed by atoms with Gasteiger partial charge in [-0.1, -0.05) is 60.7 Å². The zero-order chi connectivity index (χ0) is 23.8. The molecule has 0 bridgehead atoms. The molecule has 3 aromatic rings. The standard InChI is InChI=1S/C24H20BF3NO4/c1-14-20(23(30)32-2)11-15(25(26,27)28)12-22(14)29-24(31)33-13-21-18-9-5-3-7-16(18)17-8-4-6-10-19(17)21/h3-12,21H,13H2,1-2H3,(H,29,31)/q-1. The molecule has 9 heteroatoms. The van der Waals surface area contributed by atoms with Crippen LogP contribution in [0.15, 0.2) is 60.7 Å². The Labute approximate surface area is 188 Å². The van der Waals surface area contributed by atoms with Crippen LogP contribution in [0.4, 0.5) is 23.4 Å². The fourth-order valence-corrected chi connectivity index (χ4v) is 4.12. The van der Waals surface area contributed by atoms with Crippen molar-refractivity contribution in [2.75, 3.05) is 19.0 Å². The van der Waals surface area contributed by atoms with Gasteiger partial charge in [0.05, 0.1) is 12.7 Å². The first kappa shape index (κ1) is 22.4. The second-order valence-electron chi connectivity index (χ2n) is 7.76. The molecule has 4 rings (SSSR count). The van der Waals surface area contributed by atoms with Crippen molar-refractivity contribution in [2.45, 2.75) is 12.8 Å². The third-order valence-electron chi connectivity index (χ3n) is 5.79. The number of fused-ring (bicyclic) bond motifs is 3. The van der Waals surface area contributed by atoms with Crippen LogP contribution in [0.1, 0.15) is 33.0 Å². The van der Waals surface area contributed by atoms with Crippen molar-refractivity contribution in [2.24, 2.45) is 0 Å². The molecule has 0 radical (unpaired) electrons. The molecule has 5 nitrogen and oxygen atoms in total. The Bertz CT molecular complexity index is 1200. The molecule has 1 amide bonds. The second kappa shape index (κ2) is 8.65. The number of hydrogen-bond donors (Lipinski definition) is 1. The van der Waals surface area contributed by atoms with E-state index >= 15 is 0 Å². The number of methoxy groups -OCH3 is 1. The lowest BCUT2D eigenvalue weighted by molar-refractivity contribution is 0.0600. The first-order chi connectivity index (χ1) is 15.7. The van der Waals surface area contributed by atoms with Crippen LogP contribution < -0.4 is 10.8 Å². The average molecular weight is 454 g/mol. The van der Waals surface area contributed by atoms with Crippen molar-refractivity contribution in [3.05, 3.63) is 82.9 Å². The molecule has 170 valence electrons. The SMILES string of the molecule is COC(=O)c1cc([B-](F)(F)F)cc(NC(=O)OCC2c3ccccc3-c3ccccc32)c1C. The van der Waals surface area contributed by atoms with E-state index in [-0.39, 0.29) is 29.3 Å². The molecule has 0 saturated heterocycles. The summed E-state index contributed by atoms with van der Waals surface area (Å²) in [5, 5.41) is 2.36. The molecule has 0 heterocycles. The summed E-state index contributed by atoms with van der Waals surface area (Å²) in [5.74, 6) is -1.12. The molecule has 0 aliphatic heterocycles. The van der Waals surface area contributed by atoms with Crippen molar-refractivity contribution in [3.8, 4) is 11.1 Å². The van der Waals surface area contributed by atoms with E-state index in [2.05, 4.69) is 10.1 Å². The largest absolute Gasteiger partial charge is 0.509 e. The Kier molecular flexibility index (Phi) is 5.89. The Balaban J connectivity index is 1.56. The maximum absolute atomic E-state index is 13.4. The van der Waals surface area contributed by atoms with Crippen LogP contribution in [0, 0.1) is 6.92 Å². The number of hydrogen-bond acceptors (Lipinski definition) is 4. The highest BCUT2D eigenvalue weighted by Crippen LogP contribution is 2.44. The van der Waals surface area contributed by atoms with Crippen LogP contribution in [0.2, 0.25) is 0 Å². The number of halogens is 3. The first-order valence-electron chi connectivity index (χ1n) is 10.3. The van der Waals surface area contributed by atoms with Crippen LogP contribution >= 0.6 is 0 Å². The summed E-state index contributed by atoms with van der Waals surface area (Å²) < 4.78 is 50.1. The van der Waals surface area contributed by atoms with Gasteiger partial charge in [-0.15, -0.1) is 5.46 Å². The van der Waals surface area contributed by atoms with E-state index in [4.69, 9.17) is 4.74 Å². The van der Waals surface area contributed by atoms with Crippen LogP contribution in [0.5, 0.6) is 0 Å². The van der Waals surface area contributed by atoms with E-state index in [1.165, 1.54) is 6.92 Å². The maximum Gasteiger partial charge on any atom is 0.509 e. The van der Waals surface area contributed by atoms with Crippen molar-refractivity contribution in [3.63, 3.8) is 0 Å². The third-order valence-corrected chi connectivity index (χ3v) is 5.79. The number of benzene rings is 3. The third kappa shape index (κ3) is 4.31. The van der Waals surface area contributed by atoms with Crippen molar-refractivity contribution in [1.29, 1.82) is 0 Å². The molecule has 1 aliphatic carbocycles. The van der Waals surface area contributed by atoms with Gasteiger partial charge in [0.2, 0.25) is 0 Å². The van der Waals surface area contributed by atoms with E-state index in [0.717, 1.165) is 41.5 Å². The predicted molar refractivity (Wildman–Crippen MR) is 120 cm³/mol. The molecule has 0 saturated carbocycles. The van der Waals surface area contributed by atoms with Gasteiger partial charge in [0.25, 0.3) is 0 Å². The molecule has 33 heavy (non-hydrogen) atoms. The lowest BCUT2D eigenvalue weighted by Crippen LogP contribution is -2.35. The molecule has 1 N–H and O–H groups in total. The zero-order valence-corrected chi connectivity index (χ0v) is 17.9. The van der Waals surface area contributed by atoms with Gasteiger partial charge in [0, 0.05) is 11.6 Å². The molecule has 0 fully saturated rings. The van der Waals surface area contributed by atoms with Crippen LogP contribution in [-0.4, -0.2) is 32.8 Å². The van der Waals surface area contributed by atoms with Crippen LogP contribution in [-0.2, 0) is 9.47 Å². The molecule has 3 aromatic carbocycles. The molecular weight excluding hydrogens is 434 g/mol. The lowest BCUT2D eigenvalue weighted by atomic mass is 9.78. The molecule has 1 aliphatic rings. The van der Waals surface area contributed by atoms with Gasteiger partial charge in [-0.2, -0.15) is 0 Å². The Hall–Kier alpha value is -3.75. The monoisotopic (exact) mass is 454 g/mol. The van der Waals surface area contributed by atoms with E-state index in [1.807, 2.05) is 48.5 Å². The van der Waals surface area contributed by atoms with Gasteiger partial charge < -0.3 is 22.4 Å². The smallest absolute Gasteiger partial charge is 0.465 e. The summed E-state index contributed by atoms with van der Waals surface area (Å²) in [6.45, 7) is -3.97. The quantitative estimate of drug-likeness (QED) is 0.426. The number of ether oxygens (including phenoxy) is 2. The summed E-state index contributed by atoms with van der Waals surface area (Å²) in [5.41, 5.74) is 2.83. The predicted octanol–water partition coefficient (Wildman–Crippen LogP) is 5.20. The highest BCUT2D eigenvalue weighted by molar-refractivity contribution is 6.73.